The van der Waals surface area contributed by atoms with Gasteiger partial charge in [0.15, 0.2) is 0 Å². The third-order valence-electron chi connectivity index (χ3n) is 2.68. The van der Waals surface area contributed by atoms with Gasteiger partial charge in [-0.1, -0.05) is 23.2 Å². The molecule has 0 atom stereocenters. The lowest BCUT2D eigenvalue weighted by atomic mass is 10.2. The molecular formula is C11H13Cl2FN2O3S. The van der Waals surface area contributed by atoms with E-state index in [-0.39, 0.29) is 5.56 Å². The highest BCUT2D eigenvalue weighted by molar-refractivity contribution is 7.89. The number of rotatable bonds is 4. The zero-order valence-electron chi connectivity index (χ0n) is 10.8. The van der Waals surface area contributed by atoms with Crippen LogP contribution >= 0.6 is 23.2 Å². The van der Waals surface area contributed by atoms with Gasteiger partial charge in [0.05, 0.1) is 15.6 Å². The van der Waals surface area contributed by atoms with Crippen LogP contribution in [0.4, 0.5) is 4.39 Å². The number of sulfonamides is 1. The van der Waals surface area contributed by atoms with Gasteiger partial charge in [0.25, 0.3) is 5.91 Å². The van der Waals surface area contributed by atoms with Gasteiger partial charge in [-0.3, -0.25) is 4.79 Å². The molecule has 0 aromatic heterocycles. The van der Waals surface area contributed by atoms with Crippen molar-refractivity contribution in [3.63, 3.8) is 0 Å². The molecule has 0 fully saturated rings. The van der Waals surface area contributed by atoms with Crippen LogP contribution in [0.5, 0.6) is 0 Å². The third-order valence-corrected chi connectivity index (χ3v) is 4.64. The lowest BCUT2D eigenvalue weighted by molar-refractivity contribution is 0.0772. The van der Waals surface area contributed by atoms with Crippen molar-refractivity contribution >= 4 is 39.1 Å². The number of hydrogen-bond donors (Lipinski definition) is 1. The Morgan fingerprint density at radius 1 is 1.30 bits per heavy atom. The number of amides is 1. The third kappa shape index (κ3) is 3.22. The Kier molecular flexibility index (Phi) is 5.37. The summed E-state index contributed by atoms with van der Waals surface area (Å²) in [6.07, 6.45) is 0. The van der Waals surface area contributed by atoms with Gasteiger partial charge in [-0.25, -0.2) is 17.9 Å². The number of hydrogen-bond acceptors (Lipinski definition) is 3. The first kappa shape index (κ1) is 17.2. The van der Waals surface area contributed by atoms with Crippen LogP contribution in [0.1, 0.15) is 24.2 Å². The Labute approximate surface area is 126 Å². The zero-order valence-corrected chi connectivity index (χ0v) is 13.1. The molecule has 112 valence electrons. The van der Waals surface area contributed by atoms with Crippen molar-refractivity contribution in [1.29, 1.82) is 0 Å². The molecule has 0 heterocycles. The quantitative estimate of drug-likeness (QED) is 0.852. The number of carbonyl (C=O) groups is 1. The Morgan fingerprint density at radius 3 is 2.20 bits per heavy atom. The van der Waals surface area contributed by atoms with E-state index in [1.54, 1.807) is 13.8 Å². The topological polar surface area (TPSA) is 80.5 Å². The van der Waals surface area contributed by atoms with Crippen LogP contribution < -0.4 is 5.14 Å². The second-order valence-corrected chi connectivity index (χ2v) is 6.14. The number of primary sulfonamides is 1. The lowest BCUT2D eigenvalue weighted by Crippen LogP contribution is -2.31. The molecule has 0 saturated heterocycles. The van der Waals surface area contributed by atoms with E-state index in [4.69, 9.17) is 28.3 Å². The largest absolute Gasteiger partial charge is 0.339 e. The van der Waals surface area contributed by atoms with Gasteiger partial charge in [0.1, 0.15) is 10.7 Å². The van der Waals surface area contributed by atoms with Crippen molar-refractivity contribution in [2.24, 2.45) is 5.14 Å². The molecule has 20 heavy (non-hydrogen) atoms. The molecule has 0 unspecified atom stereocenters. The van der Waals surface area contributed by atoms with Crippen LogP contribution in [-0.4, -0.2) is 32.3 Å². The van der Waals surface area contributed by atoms with Crippen molar-refractivity contribution in [2.45, 2.75) is 18.7 Å². The predicted octanol–water partition coefficient (Wildman–Crippen LogP) is 2.26. The molecule has 1 rings (SSSR count). The number of nitrogens with two attached hydrogens (primary N) is 1. The van der Waals surface area contributed by atoms with Gasteiger partial charge < -0.3 is 4.90 Å². The Balaban J connectivity index is 3.60. The maximum atomic E-state index is 13.7. The van der Waals surface area contributed by atoms with Gasteiger partial charge in [0, 0.05) is 13.1 Å². The summed E-state index contributed by atoms with van der Waals surface area (Å²) in [6.45, 7) is 4.17. The second-order valence-electron chi connectivity index (χ2n) is 3.89. The average Bonchev–Trinajstić information content (AvgIpc) is 2.33. The van der Waals surface area contributed by atoms with Crippen LogP contribution in [0.15, 0.2) is 11.0 Å². The van der Waals surface area contributed by atoms with E-state index in [1.807, 2.05) is 0 Å². The highest BCUT2D eigenvalue weighted by Gasteiger charge is 2.27. The summed E-state index contributed by atoms with van der Waals surface area (Å²) in [7, 11) is -4.36. The minimum Gasteiger partial charge on any atom is -0.339 e. The zero-order chi connectivity index (χ0) is 15.7. The summed E-state index contributed by atoms with van der Waals surface area (Å²) >= 11 is 11.4. The van der Waals surface area contributed by atoms with Crippen molar-refractivity contribution in [3.8, 4) is 0 Å². The second kappa shape index (κ2) is 6.26. The number of carbonyl (C=O) groups excluding carboxylic acids is 1. The van der Waals surface area contributed by atoms with E-state index in [1.165, 1.54) is 4.90 Å². The molecule has 0 bridgehead atoms. The summed E-state index contributed by atoms with van der Waals surface area (Å²) in [5.74, 6) is -1.67. The molecule has 1 aromatic carbocycles. The molecule has 1 aromatic rings. The van der Waals surface area contributed by atoms with E-state index < -0.39 is 36.7 Å². The predicted molar refractivity (Wildman–Crippen MR) is 75.0 cm³/mol. The molecule has 0 spiro atoms. The molecule has 9 heteroatoms. The highest BCUT2D eigenvalue weighted by Crippen LogP contribution is 2.34. The number of nitrogens with zero attached hydrogens (tertiary/aromatic N) is 1. The van der Waals surface area contributed by atoms with Crippen LogP contribution in [0.25, 0.3) is 0 Å². The molecule has 0 aliphatic rings. The van der Waals surface area contributed by atoms with Gasteiger partial charge in [-0.15, -0.1) is 0 Å². The van der Waals surface area contributed by atoms with E-state index in [9.17, 15) is 17.6 Å². The van der Waals surface area contributed by atoms with Crippen LogP contribution in [0.3, 0.4) is 0 Å². The maximum Gasteiger partial charge on any atom is 0.255 e. The van der Waals surface area contributed by atoms with Crippen LogP contribution in [0, 0.1) is 5.82 Å². The van der Waals surface area contributed by atoms with Crippen molar-refractivity contribution in [2.75, 3.05) is 13.1 Å². The van der Waals surface area contributed by atoms with Crippen molar-refractivity contribution < 1.29 is 17.6 Å². The fourth-order valence-electron chi connectivity index (χ4n) is 1.67. The minimum atomic E-state index is -4.36. The van der Waals surface area contributed by atoms with Crippen LogP contribution in [-0.2, 0) is 10.0 Å². The summed E-state index contributed by atoms with van der Waals surface area (Å²) in [4.78, 5) is 12.7. The molecule has 0 saturated carbocycles. The minimum absolute atomic E-state index is 0.290. The molecule has 2 N–H and O–H groups in total. The number of benzene rings is 1. The molecular weight excluding hydrogens is 330 g/mol. The number of halogens is 3. The first-order chi connectivity index (χ1) is 9.15. The molecule has 5 nitrogen and oxygen atoms in total. The van der Waals surface area contributed by atoms with Gasteiger partial charge >= 0.3 is 0 Å². The first-order valence-corrected chi connectivity index (χ1v) is 7.94. The monoisotopic (exact) mass is 342 g/mol. The van der Waals surface area contributed by atoms with Gasteiger partial charge in [-0.2, -0.15) is 0 Å². The Morgan fingerprint density at radius 2 is 1.80 bits per heavy atom. The van der Waals surface area contributed by atoms with Gasteiger partial charge in [0.2, 0.25) is 10.0 Å². The fourth-order valence-corrected chi connectivity index (χ4v) is 3.45. The first-order valence-electron chi connectivity index (χ1n) is 5.64. The standard InChI is InChI=1S/C11H13Cl2FN2O3S/c1-3-16(4-2)11(17)6-5-7(14)9(13)10(8(6)12)20(15,18)19/h5H,3-4H2,1-2H3,(H2,15,18,19). The SMILES string of the molecule is CCN(CC)C(=O)c1cc(F)c(Cl)c(S(N)(=O)=O)c1Cl. The summed E-state index contributed by atoms with van der Waals surface area (Å²) < 4.78 is 36.6. The molecule has 0 aliphatic heterocycles. The Hall–Kier alpha value is -0.890. The van der Waals surface area contributed by atoms with Crippen molar-refractivity contribution in [3.05, 3.63) is 27.5 Å². The summed E-state index contributed by atoms with van der Waals surface area (Å²) in [5, 5.41) is 3.74. The van der Waals surface area contributed by atoms with E-state index in [2.05, 4.69) is 0 Å². The molecule has 0 aliphatic carbocycles. The van der Waals surface area contributed by atoms with E-state index in [0.29, 0.717) is 13.1 Å². The van der Waals surface area contributed by atoms with Crippen molar-refractivity contribution in [1.82, 2.24) is 4.90 Å². The van der Waals surface area contributed by atoms with Gasteiger partial charge in [-0.05, 0) is 19.9 Å². The lowest BCUT2D eigenvalue weighted by Gasteiger charge is -2.20. The smallest absolute Gasteiger partial charge is 0.255 e. The summed E-state index contributed by atoms with van der Waals surface area (Å²) in [5.41, 5.74) is -0.290. The molecule has 1 amide bonds. The molecule has 0 radical (unpaired) electrons. The van der Waals surface area contributed by atoms with E-state index >= 15 is 0 Å². The highest BCUT2D eigenvalue weighted by atomic mass is 35.5. The maximum absolute atomic E-state index is 13.7. The summed E-state index contributed by atoms with van der Waals surface area (Å²) in [6, 6.07) is 0.806. The fraction of sp³-hybridized carbons (Fsp3) is 0.364. The average molecular weight is 343 g/mol. The van der Waals surface area contributed by atoms with Crippen LogP contribution in [0.2, 0.25) is 10.0 Å². The van der Waals surface area contributed by atoms with E-state index in [0.717, 1.165) is 6.07 Å². The Bertz CT molecular complexity index is 646. The normalized spacial score (nSPS) is 11.5.